The van der Waals surface area contributed by atoms with E-state index < -0.39 is 20.5 Å². The Hall–Kier alpha value is -1.12. The lowest BCUT2D eigenvalue weighted by atomic mass is 10.1. The first kappa shape index (κ1) is 16.9. The lowest BCUT2D eigenvalue weighted by molar-refractivity contribution is -0.385. The van der Waals surface area contributed by atoms with Gasteiger partial charge in [0.05, 0.1) is 9.82 Å². The van der Waals surface area contributed by atoms with Crippen molar-refractivity contribution in [1.29, 1.82) is 0 Å². The number of rotatable bonds is 4. The molecule has 0 bridgehead atoms. The molecular formula is C12H18N2O4S2. The number of thiol groups is 1. The van der Waals surface area contributed by atoms with E-state index in [1.165, 1.54) is 6.07 Å². The molecule has 0 aliphatic rings. The number of nitrogens with one attached hydrogen (secondary N) is 1. The number of sulfonamides is 1. The van der Waals surface area contributed by atoms with Crippen molar-refractivity contribution in [1.82, 2.24) is 4.72 Å². The molecule has 0 radical (unpaired) electrons. The Morgan fingerprint density at radius 3 is 2.30 bits per heavy atom. The van der Waals surface area contributed by atoms with Gasteiger partial charge in [0.25, 0.3) is 5.69 Å². The number of nitro benzene ring substituents is 1. The number of benzene rings is 1. The fourth-order valence-electron chi connectivity index (χ4n) is 1.78. The van der Waals surface area contributed by atoms with Crippen LogP contribution >= 0.6 is 12.6 Å². The number of nitro groups is 1. The van der Waals surface area contributed by atoms with Gasteiger partial charge in [-0.2, -0.15) is 0 Å². The van der Waals surface area contributed by atoms with E-state index in [9.17, 15) is 18.5 Å². The maximum absolute atomic E-state index is 12.4. The second kappa shape index (κ2) is 5.71. The second-order valence-electron chi connectivity index (χ2n) is 5.41. The van der Waals surface area contributed by atoms with Gasteiger partial charge in [-0.3, -0.25) is 10.1 Å². The van der Waals surface area contributed by atoms with Gasteiger partial charge in [-0.15, -0.1) is 12.6 Å². The maximum atomic E-state index is 12.4. The Balaban J connectivity index is 3.53. The summed E-state index contributed by atoms with van der Waals surface area (Å²) >= 11 is 4.16. The fourth-order valence-corrected chi connectivity index (χ4v) is 4.03. The van der Waals surface area contributed by atoms with E-state index in [1.807, 2.05) is 0 Å². The van der Waals surface area contributed by atoms with Crippen LogP contribution in [0.2, 0.25) is 0 Å². The number of hydrogen-bond acceptors (Lipinski definition) is 5. The predicted molar refractivity (Wildman–Crippen MR) is 79.8 cm³/mol. The standard InChI is InChI=1S/C12H18N2O4S2/c1-5-9-10(19)6-8(14(15)16)7-11(9)20(17,18)13-12(2,3)4/h6-7,13,19H,5H2,1-4H3. The van der Waals surface area contributed by atoms with E-state index in [1.54, 1.807) is 27.7 Å². The van der Waals surface area contributed by atoms with Crippen molar-refractivity contribution in [3.63, 3.8) is 0 Å². The average molecular weight is 318 g/mol. The molecule has 20 heavy (non-hydrogen) atoms. The molecule has 0 aromatic heterocycles. The fraction of sp³-hybridized carbons (Fsp3) is 0.500. The highest BCUT2D eigenvalue weighted by Crippen LogP contribution is 2.29. The van der Waals surface area contributed by atoms with E-state index >= 15 is 0 Å². The van der Waals surface area contributed by atoms with Gasteiger partial charge in [-0.25, -0.2) is 13.1 Å². The van der Waals surface area contributed by atoms with Crippen LogP contribution in [0.25, 0.3) is 0 Å². The van der Waals surface area contributed by atoms with Gasteiger partial charge in [-0.1, -0.05) is 6.92 Å². The summed E-state index contributed by atoms with van der Waals surface area (Å²) in [6.45, 7) is 6.89. The summed E-state index contributed by atoms with van der Waals surface area (Å²) in [5, 5.41) is 10.9. The van der Waals surface area contributed by atoms with Crippen LogP contribution in [0.4, 0.5) is 5.69 Å². The molecule has 1 aromatic rings. The zero-order chi connectivity index (χ0) is 15.7. The van der Waals surface area contributed by atoms with Crippen molar-refractivity contribution in [2.75, 3.05) is 0 Å². The van der Waals surface area contributed by atoms with Crippen molar-refractivity contribution in [2.45, 2.75) is 49.4 Å². The van der Waals surface area contributed by atoms with Crippen LogP contribution < -0.4 is 4.72 Å². The maximum Gasteiger partial charge on any atom is 0.271 e. The zero-order valence-electron chi connectivity index (χ0n) is 11.8. The quantitative estimate of drug-likeness (QED) is 0.507. The lowest BCUT2D eigenvalue weighted by Gasteiger charge is -2.21. The smallest absolute Gasteiger partial charge is 0.258 e. The van der Waals surface area contributed by atoms with Crippen LogP contribution in [-0.2, 0) is 16.4 Å². The monoisotopic (exact) mass is 318 g/mol. The van der Waals surface area contributed by atoms with Gasteiger partial charge < -0.3 is 0 Å². The third-order valence-corrected chi connectivity index (χ3v) is 4.69. The summed E-state index contributed by atoms with van der Waals surface area (Å²) in [7, 11) is -3.84. The van der Waals surface area contributed by atoms with Crippen LogP contribution in [0.3, 0.4) is 0 Å². The number of hydrogen-bond donors (Lipinski definition) is 2. The van der Waals surface area contributed by atoms with Crippen LogP contribution in [-0.4, -0.2) is 18.9 Å². The molecule has 0 fully saturated rings. The van der Waals surface area contributed by atoms with Crippen LogP contribution in [0.1, 0.15) is 33.3 Å². The van der Waals surface area contributed by atoms with E-state index in [2.05, 4.69) is 17.4 Å². The Kier molecular flexibility index (Phi) is 4.83. The van der Waals surface area contributed by atoms with Crippen molar-refractivity contribution in [2.24, 2.45) is 0 Å². The zero-order valence-corrected chi connectivity index (χ0v) is 13.5. The molecule has 0 amide bonds. The molecule has 0 spiro atoms. The highest BCUT2D eigenvalue weighted by atomic mass is 32.2. The van der Waals surface area contributed by atoms with Crippen LogP contribution in [0.5, 0.6) is 0 Å². The van der Waals surface area contributed by atoms with Gasteiger partial charge >= 0.3 is 0 Å². The second-order valence-corrected chi connectivity index (χ2v) is 7.54. The van der Waals surface area contributed by atoms with E-state index in [4.69, 9.17) is 0 Å². The first-order chi connectivity index (χ1) is 8.98. The molecule has 1 rings (SSSR count). The Morgan fingerprint density at radius 2 is 1.90 bits per heavy atom. The van der Waals surface area contributed by atoms with Gasteiger partial charge in [-0.05, 0) is 32.8 Å². The minimum Gasteiger partial charge on any atom is -0.258 e. The van der Waals surface area contributed by atoms with Gasteiger partial charge in [0.2, 0.25) is 10.0 Å². The molecule has 6 nitrogen and oxygen atoms in total. The summed E-state index contributed by atoms with van der Waals surface area (Å²) in [5.74, 6) is 0. The molecule has 112 valence electrons. The Bertz CT molecular complexity index is 634. The van der Waals surface area contributed by atoms with Gasteiger partial charge in [0.15, 0.2) is 0 Å². The molecule has 0 aliphatic heterocycles. The van der Waals surface area contributed by atoms with Crippen molar-refractivity contribution in [3.8, 4) is 0 Å². The summed E-state index contributed by atoms with van der Waals surface area (Å²) in [6, 6.07) is 2.34. The topological polar surface area (TPSA) is 89.3 Å². The minimum atomic E-state index is -3.84. The molecule has 8 heteroatoms. The molecule has 0 saturated carbocycles. The molecule has 0 saturated heterocycles. The van der Waals surface area contributed by atoms with E-state index in [0.29, 0.717) is 16.9 Å². The van der Waals surface area contributed by atoms with Gasteiger partial charge in [0.1, 0.15) is 0 Å². The SMILES string of the molecule is CCc1c(S)cc([N+](=O)[O-])cc1S(=O)(=O)NC(C)(C)C. The summed E-state index contributed by atoms with van der Waals surface area (Å²) in [5.41, 5.74) is -0.497. The minimum absolute atomic E-state index is 0.0888. The summed E-state index contributed by atoms with van der Waals surface area (Å²) < 4.78 is 27.3. The first-order valence-corrected chi connectivity index (χ1v) is 7.95. The van der Waals surface area contributed by atoms with Gasteiger partial charge in [0, 0.05) is 22.6 Å². The van der Waals surface area contributed by atoms with Crippen molar-refractivity contribution < 1.29 is 13.3 Å². The molecule has 0 atom stereocenters. The Morgan fingerprint density at radius 1 is 1.35 bits per heavy atom. The predicted octanol–water partition coefficient (Wildman–Crippen LogP) is 2.52. The van der Waals surface area contributed by atoms with Crippen molar-refractivity contribution >= 4 is 28.3 Å². The Labute approximate surface area is 124 Å². The molecule has 0 aliphatic carbocycles. The molecule has 1 N–H and O–H groups in total. The molecule has 1 aromatic carbocycles. The highest BCUT2D eigenvalue weighted by Gasteiger charge is 2.27. The summed E-state index contributed by atoms with van der Waals surface area (Å²) in [6.07, 6.45) is 0.414. The average Bonchev–Trinajstić information content (AvgIpc) is 2.24. The normalized spacial score (nSPS) is 12.4. The number of nitrogens with zero attached hydrogens (tertiary/aromatic N) is 1. The number of non-ortho nitro benzene ring substituents is 1. The van der Waals surface area contributed by atoms with Crippen molar-refractivity contribution in [3.05, 3.63) is 27.8 Å². The third kappa shape index (κ3) is 3.94. The first-order valence-electron chi connectivity index (χ1n) is 6.02. The van der Waals surface area contributed by atoms with Crippen LogP contribution in [0.15, 0.2) is 21.9 Å². The molecule has 0 unspecified atom stereocenters. The largest absolute Gasteiger partial charge is 0.271 e. The lowest BCUT2D eigenvalue weighted by Crippen LogP contribution is -2.40. The molecular weight excluding hydrogens is 300 g/mol. The third-order valence-electron chi connectivity index (χ3n) is 2.46. The van der Waals surface area contributed by atoms with E-state index in [-0.39, 0.29) is 10.6 Å². The summed E-state index contributed by atoms with van der Waals surface area (Å²) in [4.78, 5) is 10.5. The van der Waals surface area contributed by atoms with Crippen LogP contribution in [0, 0.1) is 10.1 Å². The highest BCUT2D eigenvalue weighted by molar-refractivity contribution is 7.89. The molecule has 0 heterocycles. The van der Waals surface area contributed by atoms with E-state index in [0.717, 1.165) is 6.07 Å².